The number of benzene rings is 1. The van der Waals surface area contributed by atoms with Crippen LogP contribution in [-0.4, -0.2) is 27.8 Å². The van der Waals surface area contributed by atoms with Gasteiger partial charge in [-0.25, -0.2) is 9.37 Å². The van der Waals surface area contributed by atoms with Crippen LogP contribution in [0.15, 0.2) is 36.8 Å². The highest BCUT2D eigenvalue weighted by atomic mass is 35.5. The molecule has 1 aliphatic rings. The van der Waals surface area contributed by atoms with Crippen molar-refractivity contribution in [1.82, 2.24) is 20.1 Å². The molecule has 0 unspecified atom stereocenters. The Balaban J connectivity index is 1.83. The number of anilines is 1. The van der Waals surface area contributed by atoms with E-state index in [1.165, 1.54) is 0 Å². The van der Waals surface area contributed by atoms with E-state index >= 15 is 0 Å². The van der Waals surface area contributed by atoms with Gasteiger partial charge in [0, 0.05) is 49.2 Å². The third kappa shape index (κ3) is 4.24. The van der Waals surface area contributed by atoms with E-state index in [1.807, 2.05) is 0 Å². The molecule has 1 aromatic carbocycles. The van der Waals surface area contributed by atoms with Crippen molar-refractivity contribution in [2.24, 2.45) is 0 Å². The highest BCUT2D eigenvalue weighted by Crippen LogP contribution is 2.37. The van der Waals surface area contributed by atoms with Gasteiger partial charge in [0.25, 0.3) is 0 Å². The Bertz CT molecular complexity index is 1560. The first-order chi connectivity index (χ1) is 19.4. The van der Waals surface area contributed by atoms with E-state index in [9.17, 15) is 4.39 Å². The maximum absolute atomic E-state index is 14.3. The molecule has 158 valence electrons. The third-order valence-electron chi connectivity index (χ3n) is 4.00. The molecule has 0 spiro atoms. The standard InChI is InChI=1S/C21H22Cl2FN5O/c1-12(19-16(22)2-3-17(24)20(19)23)30-18-8-13(9-27-21(18)25)14-10-28-29(11-14)15-4-6-26-7-5-15/h2-3,8-12,15,26H,4-7H2,1H3,(H2,25,27)/t12-/m0/s1/i1D3,4D2,5D2,6D2,7D2,12D,15D. The van der Waals surface area contributed by atoms with Crippen LogP contribution in [0, 0.1) is 5.82 Å². The molecule has 30 heavy (non-hydrogen) atoms. The number of nitrogens with two attached hydrogens (primary N) is 1. The number of hydrogen-bond acceptors (Lipinski definition) is 5. The van der Waals surface area contributed by atoms with Crippen LogP contribution in [0.2, 0.25) is 10.0 Å². The van der Waals surface area contributed by atoms with Crippen molar-refractivity contribution in [1.29, 1.82) is 0 Å². The lowest BCUT2D eigenvalue weighted by atomic mass is 10.1. The SMILES string of the molecule is [2H]C1([2H])NC([2H])([2H])C([2H])([2H])C([2H])(n2cc(-c3cnc(N)c(O[C@]([2H])(c4c(Cl)ccc(F)c4Cl)C([2H])([2H])[2H])c3)cn2)C1([2H])[2H]. The number of nitrogens with one attached hydrogen (secondary N) is 1. The molecule has 4 rings (SSSR count). The van der Waals surface area contributed by atoms with Crippen molar-refractivity contribution in [3.05, 3.63) is 58.2 Å². The Labute approximate surface area is 202 Å². The van der Waals surface area contributed by atoms with Crippen LogP contribution in [0.4, 0.5) is 10.2 Å². The summed E-state index contributed by atoms with van der Waals surface area (Å²) in [6, 6.07) is -0.381. The largest absolute Gasteiger partial charge is 0.482 e. The second-order valence-corrected chi connectivity index (χ2v) is 6.69. The number of piperidine rings is 1. The minimum Gasteiger partial charge on any atom is -0.482 e. The molecule has 1 aliphatic heterocycles. The fraction of sp³-hybridized carbons (Fsp3) is 0.333. The molecule has 3 heterocycles. The highest BCUT2D eigenvalue weighted by Gasteiger charge is 2.21. The van der Waals surface area contributed by atoms with E-state index < -0.39 is 77.7 Å². The molecular weight excluding hydrogens is 428 g/mol. The average Bonchev–Trinajstić information content (AvgIpc) is 3.35. The average molecular weight is 463 g/mol. The number of rotatable bonds is 5. The Hall–Kier alpha value is -2.35. The van der Waals surface area contributed by atoms with E-state index in [0.717, 1.165) is 36.8 Å². The maximum Gasteiger partial charge on any atom is 0.166 e. The van der Waals surface area contributed by atoms with Crippen molar-refractivity contribution in [2.45, 2.75) is 31.7 Å². The van der Waals surface area contributed by atoms with Crippen LogP contribution in [0.5, 0.6) is 5.75 Å². The first kappa shape index (κ1) is 10.3. The summed E-state index contributed by atoms with van der Waals surface area (Å²) in [5, 5.41) is 4.32. The van der Waals surface area contributed by atoms with E-state index in [-0.39, 0.29) is 11.1 Å². The second kappa shape index (κ2) is 8.79. The molecule has 0 radical (unpaired) electrons. The summed E-state index contributed by atoms with van der Waals surface area (Å²) in [6.07, 6.45) is -6.88. The third-order valence-corrected chi connectivity index (χ3v) is 4.68. The van der Waals surface area contributed by atoms with Gasteiger partial charge in [0.2, 0.25) is 0 Å². The molecule has 1 saturated heterocycles. The van der Waals surface area contributed by atoms with Crippen LogP contribution >= 0.6 is 23.2 Å². The van der Waals surface area contributed by atoms with Crippen molar-refractivity contribution in [3.8, 4) is 16.9 Å². The van der Waals surface area contributed by atoms with Crippen molar-refractivity contribution >= 4 is 29.0 Å². The van der Waals surface area contributed by atoms with Crippen LogP contribution < -0.4 is 15.8 Å². The summed E-state index contributed by atoms with van der Waals surface area (Å²) in [5.74, 6) is -2.02. The summed E-state index contributed by atoms with van der Waals surface area (Å²) in [5.41, 5.74) is 5.15. The van der Waals surface area contributed by atoms with Gasteiger partial charge in [0.05, 0.1) is 20.0 Å². The van der Waals surface area contributed by atoms with Crippen molar-refractivity contribution in [2.75, 3.05) is 18.7 Å². The van der Waals surface area contributed by atoms with Gasteiger partial charge < -0.3 is 15.8 Å². The zero-order valence-corrected chi connectivity index (χ0v) is 16.4. The summed E-state index contributed by atoms with van der Waals surface area (Å²) < 4.78 is 127. The highest BCUT2D eigenvalue weighted by molar-refractivity contribution is 6.36. The first-order valence-electron chi connectivity index (χ1n) is 14.8. The summed E-state index contributed by atoms with van der Waals surface area (Å²) in [4.78, 5) is 3.90. The van der Waals surface area contributed by atoms with Gasteiger partial charge in [-0.05, 0) is 50.8 Å². The van der Waals surface area contributed by atoms with Gasteiger partial charge in [0.1, 0.15) is 11.9 Å². The van der Waals surface area contributed by atoms with Gasteiger partial charge in [0.15, 0.2) is 11.6 Å². The number of nitrogens with zero attached hydrogens (tertiary/aromatic N) is 3. The maximum atomic E-state index is 14.3. The number of ether oxygens (including phenoxy) is 1. The van der Waals surface area contributed by atoms with Gasteiger partial charge in [-0.2, -0.15) is 5.10 Å². The molecule has 0 bridgehead atoms. The van der Waals surface area contributed by atoms with Gasteiger partial charge in [-0.15, -0.1) is 0 Å². The molecule has 3 aromatic rings. The molecule has 2 aromatic heterocycles. The smallest absolute Gasteiger partial charge is 0.166 e. The molecule has 9 heteroatoms. The van der Waals surface area contributed by atoms with Crippen LogP contribution in [0.25, 0.3) is 11.1 Å². The predicted octanol–water partition coefficient (Wildman–Crippen LogP) is 5.04. The van der Waals surface area contributed by atoms with Crippen LogP contribution in [0.3, 0.4) is 0 Å². The molecule has 1 atom stereocenters. The zero-order chi connectivity index (χ0) is 32.8. The van der Waals surface area contributed by atoms with E-state index in [1.54, 1.807) is 5.32 Å². The Kier molecular flexibility index (Phi) is 3.02. The van der Waals surface area contributed by atoms with Gasteiger partial charge in [-0.1, -0.05) is 23.2 Å². The van der Waals surface area contributed by atoms with Crippen molar-refractivity contribution in [3.63, 3.8) is 0 Å². The van der Waals surface area contributed by atoms with Crippen LogP contribution in [-0.2, 0) is 0 Å². The topological polar surface area (TPSA) is 78.0 Å². The molecule has 1 fully saturated rings. The second-order valence-electron chi connectivity index (χ2n) is 5.90. The number of aromatic nitrogens is 3. The fourth-order valence-corrected chi connectivity index (χ4v) is 3.09. The Morgan fingerprint density at radius 3 is 2.97 bits per heavy atom. The number of nitrogen functional groups attached to an aromatic ring is 1. The van der Waals surface area contributed by atoms with E-state index in [2.05, 4.69) is 10.1 Å². The molecule has 3 N–H and O–H groups in total. The van der Waals surface area contributed by atoms with Crippen LogP contribution in [0.1, 0.15) is 55.1 Å². The lowest BCUT2D eigenvalue weighted by molar-refractivity contribution is 0.227. The Morgan fingerprint density at radius 2 is 2.20 bits per heavy atom. The monoisotopic (exact) mass is 462 g/mol. The predicted molar refractivity (Wildman–Crippen MR) is 116 cm³/mol. The normalized spacial score (nSPS) is 31.5. The number of halogens is 3. The quantitative estimate of drug-likeness (QED) is 0.519. The number of pyridine rings is 1. The summed E-state index contributed by atoms with van der Waals surface area (Å²) in [6.45, 7) is -9.79. The molecular formula is C21H22Cl2FN5O. The molecule has 6 nitrogen and oxygen atoms in total. The molecule has 0 saturated carbocycles. The minimum absolute atomic E-state index is 0.00413. The minimum atomic E-state index is -3.40. The van der Waals surface area contributed by atoms with Crippen molar-refractivity contribution < 1.29 is 26.9 Å². The van der Waals surface area contributed by atoms with E-state index in [4.69, 9.17) is 51.5 Å². The zero-order valence-electron chi connectivity index (χ0n) is 27.9. The lowest BCUT2D eigenvalue weighted by Gasteiger charge is -2.22. The fourth-order valence-electron chi connectivity index (χ4n) is 2.54. The first-order valence-corrected chi connectivity index (χ1v) is 9.05. The Morgan fingerprint density at radius 1 is 1.40 bits per heavy atom. The molecule has 0 aliphatic carbocycles. The summed E-state index contributed by atoms with van der Waals surface area (Å²) >= 11 is 12.1. The lowest BCUT2D eigenvalue weighted by Crippen LogP contribution is -2.29. The summed E-state index contributed by atoms with van der Waals surface area (Å²) in [7, 11) is 0. The molecule has 0 amide bonds. The van der Waals surface area contributed by atoms with Gasteiger partial charge in [-0.3, -0.25) is 4.68 Å². The number of hydrogen-bond donors (Lipinski definition) is 2. The van der Waals surface area contributed by atoms with E-state index in [0.29, 0.717) is 4.68 Å². The van der Waals surface area contributed by atoms with Gasteiger partial charge >= 0.3 is 0 Å².